The topological polar surface area (TPSA) is 47.9 Å². The third-order valence-corrected chi connectivity index (χ3v) is 3.02. The molecule has 0 spiro atoms. The lowest BCUT2D eigenvalue weighted by Gasteiger charge is -2.13. The highest BCUT2D eigenvalue weighted by Crippen LogP contribution is 2.25. The Hall–Kier alpha value is -2.20. The summed E-state index contributed by atoms with van der Waals surface area (Å²) < 4.78 is 16.6. The molecule has 4 heteroatoms. The number of methoxy groups -OCH3 is 1. The fourth-order valence-electron chi connectivity index (χ4n) is 2.01. The van der Waals surface area contributed by atoms with Gasteiger partial charge in [-0.2, -0.15) is 0 Å². The Morgan fingerprint density at radius 2 is 1.38 bits per heavy atom. The molecular weight excluding hydrogens is 268 g/mol. The Kier molecular flexibility index (Phi) is 5.91. The average molecular weight is 288 g/mol. The Bertz CT molecular complexity index is 554. The van der Waals surface area contributed by atoms with Crippen molar-refractivity contribution < 1.29 is 19.3 Å². The van der Waals surface area contributed by atoms with E-state index in [9.17, 15) is 0 Å². The fraction of sp³-hybridized carbons (Fsp3) is 0.294. The van der Waals surface area contributed by atoms with Crippen LogP contribution in [0.1, 0.15) is 5.56 Å². The molecule has 0 radical (unpaired) electrons. The standard InChI is InChI=1S/C17H20O4/c1-19-16-8-4-5-9-17(16)21-13-12-20-15-7-3-2-6-14(15)10-11-18/h2-9,18H,10-13H2,1H3. The van der Waals surface area contributed by atoms with E-state index in [-0.39, 0.29) is 6.61 Å². The number of rotatable bonds is 8. The molecule has 4 nitrogen and oxygen atoms in total. The first kappa shape index (κ1) is 15.2. The number of hydrogen-bond donors (Lipinski definition) is 1. The van der Waals surface area contributed by atoms with Gasteiger partial charge in [-0.25, -0.2) is 0 Å². The maximum Gasteiger partial charge on any atom is 0.161 e. The van der Waals surface area contributed by atoms with Crippen LogP contribution >= 0.6 is 0 Å². The number of benzene rings is 2. The zero-order valence-corrected chi connectivity index (χ0v) is 12.1. The largest absolute Gasteiger partial charge is 0.493 e. The van der Waals surface area contributed by atoms with Crippen LogP contribution in [0.2, 0.25) is 0 Å². The summed E-state index contributed by atoms with van der Waals surface area (Å²) in [6, 6.07) is 15.2. The highest BCUT2D eigenvalue weighted by atomic mass is 16.5. The van der Waals surface area contributed by atoms with Crippen molar-refractivity contribution in [2.45, 2.75) is 6.42 Å². The monoisotopic (exact) mass is 288 g/mol. The van der Waals surface area contributed by atoms with E-state index in [1.54, 1.807) is 7.11 Å². The Labute approximate surface area is 124 Å². The third kappa shape index (κ3) is 4.39. The summed E-state index contributed by atoms with van der Waals surface area (Å²) in [5.41, 5.74) is 0.997. The minimum Gasteiger partial charge on any atom is -0.493 e. The van der Waals surface area contributed by atoms with Gasteiger partial charge in [-0.05, 0) is 30.2 Å². The normalized spacial score (nSPS) is 10.2. The number of hydrogen-bond acceptors (Lipinski definition) is 4. The Morgan fingerprint density at radius 3 is 2.05 bits per heavy atom. The molecule has 0 atom stereocenters. The van der Waals surface area contributed by atoms with Gasteiger partial charge in [0.25, 0.3) is 0 Å². The molecule has 2 aromatic rings. The summed E-state index contributed by atoms with van der Waals surface area (Å²) in [4.78, 5) is 0. The molecule has 0 heterocycles. The predicted molar refractivity (Wildman–Crippen MR) is 81.2 cm³/mol. The quantitative estimate of drug-likeness (QED) is 0.759. The van der Waals surface area contributed by atoms with Crippen LogP contribution in [0.4, 0.5) is 0 Å². The molecule has 0 saturated heterocycles. The first-order valence-corrected chi connectivity index (χ1v) is 6.92. The molecular formula is C17H20O4. The third-order valence-electron chi connectivity index (χ3n) is 3.02. The lowest BCUT2D eigenvalue weighted by molar-refractivity contribution is 0.209. The molecule has 2 aromatic carbocycles. The maximum absolute atomic E-state index is 9.03. The molecule has 0 fully saturated rings. The van der Waals surface area contributed by atoms with Crippen LogP contribution in [0.25, 0.3) is 0 Å². The van der Waals surface area contributed by atoms with Crippen LogP contribution in [0.5, 0.6) is 17.2 Å². The van der Waals surface area contributed by atoms with Crippen molar-refractivity contribution >= 4 is 0 Å². The van der Waals surface area contributed by atoms with Crippen molar-refractivity contribution in [3.8, 4) is 17.2 Å². The van der Waals surface area contributed by atoms with Crippen molar-refractivity contribution in [2.24, 2.45) is 0 Å². The van der Waals surface area contributed by atoms with Crippen LogP contribution in [0, 0.1) is 0 Å². The summed E-state index contributed by atoms with van der Waals surface area (Å²) in [6.45, 7) is 0.965. The Balaban J connectivity index is 1.85. The summed E-state index contributed by atoms with van der Waals surface area (Å²) >= 11 is 0. The SMILES string of the molecule is COc1ccccc1OCCOc1ccccc1CCO. The van der Waals surface area contributed by atoms with Crippen LogP contribution in [-0.2, 0) is 6.42 Å². The van der Waals surface area contributed by atoms with Crippen molar-refractivity contribution in [2.75, 3.05) is 26.9 Å². The van der Waals surface area contributed by atoms with Gasteiger partial charge in [0.05, 0.1) is 7.11 Å². The van der Waals surface area contributed by atoms with E-state index in [1.807, 2.05) is 48.5 Å². The Morgan fingerprint density at radius 1 is 0.810 bits per heavy atom. The zero-order valence-electron chi connectivity index (χ0n) is 12.1. The first-order valence-electron chi connectivity index (χ1n) is 6.92. The second-order valence-electron chi connectivity index (χ2n) is 4.43. The van der Waals surface area contributed by atoms with Crippen LogP contribution in [0.15, 0.2) is 48.5 Å². The smallest absolute Gasteiger partial charge is 0.161 e. The van der Waals surface area contributed by atoms with Crippen molar-refractivity contribution in [1.29, 1.82) is 0 Å². The molecule has 21 heavy (non-hydrogen) atoms. The lowest BCUT2D eigenvalue weighted by Crippen LogP contribution is -2.10. The molecule has 0 aliphatic carbocycles. The zero-order chi connectivity index (χ0) is 14.9. The molecule has 0 bridgehead atoms. The number of para-hydroxylation sites is 3. The number of ether oxygens (including phenoxy) is 3. The van der Waals surface area contributed by atoms with Crippen molar-refractivity contribution in [1.82, 2.24) is 0 Å². The van der Waals surface area contributed by atoms with E-state index in [0.717, 1.165) is 11.3 Å². The van der Waals surface area contributed by atoms with E-state index >= 15 is 0 Å². The molecule has 2 rings (SSSR count). The van der Waals surface area contributed by atoms with Gasteiger partial charge in [0.2, 0.25) is 0 Å². The molecule has 0 aliphatic heterocycles. The van der Waals surface area contributed by atoms with Gasteiger partial charge in [-0.1, -0.05) is 30.3 Å². The van der Waals surface area contributed by atoms with E-state index in [0.29, 0.717) is 31.1 Å². The average Bonchev–Trinajstić information content (AvgIpc) is 2.53. The van der Waals surface area contributed by atoms with Crippen molar-refractivity contribution in [3.63, 3.8) is 0 Å². The number of aliphatic hydroxyl groups excluding tert-OH is 1. The second kappa shape index (κ2) is 8.17. The number of aliphatic hydroxyl groups is 1. The van der Waals surface area contributed by atoms with Crippen LogP contribution < -0.4 is 14.2 Å². The lowest BCUT2D eigenvalue weighted by atomic mass is 10.1. The van der Waals surface area contributed by atoms with Gasteiger partial charge in [0, 0.05) is 6.61 Å². The fourth-order valence-corrected chi connectivity index (χ4v) is 2.01. The minimum atomic E-state index is 0.109. The maximum atomic E-state index is 9.03. The minimum absolute atomic E-state index is 0.109. The predicted octanol–water partition coefficient (Wildman–Crippen LogP) is 2.69. The van der Waals surface area contributed by atoms with Gasteiger partial charge in [-0.15, -0.1) is 0 Å². The molecule has 0 amide bonds. The molecule has 1 N–H and O–H groups in total. The molecule has 0 unspecified atom stereocenters. The van der Waals surface area contributed by atoms with E-state index in [1.165, 1.54) is 0 Å². The van der Waals surface area contributed by atoms with E-state index < -0.39 is 0 Å². The van der Waals surface area contributed by atoms with Crippen LogP contribution in [0.3, 0.4) is 0 Å². The second-order valence-corrected chi connectivity index (χ2v) is 4.43. The summed E-state index contributed by atoms with van der Waals surface area (Å²) in [5.74, 6) is 2.20. The highest BCUT2D eigenvalue weighted by Gasteiger charge is 2.04. The molecule has 0 aromatic heterocycles. The van der Waals surface area contributed by atoms with Crippen molar-refractivity contribution in [3.05, 3.63) is 54.1 Å². The summed E-state index contributed by atoms with van der Waals surface area (Å²) in [6.07, 6.45) is 0.587. The van der Waals surface area contributed by atoms with Gasteiger partial charge < -0.3 is 19.3 Å². The van der Waals surface area contributed by atoms with Gasteiger partial charge in [0.15, 0.2) is 11.5 Å². The summed E-state index contributed by atoms with van der Waals surface area (Å²) in [5, 5.41) is 9.03. The molecule has 112 valence electrons. The van der Waals surface area contributed by atoms with E-state index in [4.69, 9.17) is 19.3 Å². The van der Waals surface area contributed by atoms with Crippen LogP contribution in [-0.4, -0.2) is 32.0 Å². The molecule has 0 aliphatic rings. The summed E-state index contributed by atoms with van der Waals surface area (Å²) in [7, 11) is 1.61. The van der Waals surface area contributed by atoms with E-state index in [2.05, 4.69) is 0 Å². The molecule has 0 saturated carbocycles. The van der Waals surface area contributed by atoms with Gasteiger partial charge >= 0.3 is 0 Å². The van der Waals surface area contributed by atoms with Gasteiger partial charge in [0.1, 0.15) is 19.0 Å². The first-order chi connectivity index (χ1) is 10.3. The van der Waals surface area contributed by atoms with Gasteiger partial charge in [-0.3, -0.25) is 0 Å². The highest BCUT2D eigenvalue weighted by molar-refractivity contribution is 5.39.